The summed E-state index contributed by atoms with van der Waals surface area (Å²) in [6, 6.07) is 10.2. The number of ether oxygens (including phenoxy) is 3. The van der Waals surface area contributed by atoms with E-state index in [0.717, 1.165) is 21.9 Å². The molecule has 1 aliphatic heterocycles. The number of hydrogen-bond donors (Lipinski definition) is 1. The van der Waals surface area contributed by atoms with Crippen molar-refractivity contribution in [1.29, 1.82) is 0 Å². The fraction of sp³-hybridized carbons (Fsp3) is 0.348. The first-order valence-electron chi connectivity index (χ1n) is 10.5. The summed E-state index contributed by atoms with van der Waals surface area (Å²) in [4.78, 5) is 39.5. The minimum atomic E-state index is -0.582. The lowest BCUT2D eigenvalue weighted by molar-refractivity contribution is -0.116. The molecule has 33 heavy (non-hydrogen) atoms. The quantitative estimate of drug-likeness (QED) is 0.517. The van der Waals surface area contributed by atoms with E-state index in [1.807, 2.05) is 0 Å². The fourth-order valence-electron chi connectivity index (χ4n) is 3.93. The van der Waals surface area contributed by atoms with Crippen molar-refractivity contribution in [2.24, 2.45) is 0 Å². The Hall–Kier alpha value is -3.11. The third-order valence-electron chi connectivity index (χ3n) is 5.57. The van der Waals surface area contributed by atoms with Gasteiger partial charge in [0.1, 0.15) is 6.54 Å². The lowest BCUT2D eigenvalue weighted by Crippen LogP contribution is -2.43. The number of carbonyl (C=O) groups is 1. The van der Waals surface area contributed by atoms with Crippen LogP contribution >= 0.6 is 15.9 Å². The van der Waals surface area contributed by atoms with E-state index >= 15 is 0 Å². The van der Waals surface area contributed by atoms with Crippen LogP contribution in [0.3, 0.4) is 0 Å². The molecule has 0 aliphatic carbocycles. The van der Waals surface area contributed by atoms with Crippen molar-refractivity contribution in [2.75, 3.05) is 26.1 Å². The molecule has 2 heterocycles. The van der Waals surface area contributed by atoms with Crippen molar-refractivity contribution in [3.63, 3.8) is 0 Å². The van der Waals surface area contributed by atoms with Gasteiger partial charge in [-0.05, 0) is 43.2 Å². The Bertz CT molecular complexity index is 1290. The van der Waals surface area contributed by atoms with E-state index in [1.54, 1.807) is 30.3 Å². The standard InChI is InChI=1S/C23H24BrN3O6/c1-31-19-10-17-18(11-20(19)32-2)26(13-21(28)25-15-7-5-14(24)6-8-15)23(30)27(22(17)29)12-16-4-3-9-33-16/h5-8,10-11,16H,3-4,9,12-13H2,1-2H3,(H,25,28). The van der Waals surface area contributed by atoms with E-state index < -0.39 is 17.2 Å². The van der Waals surface area contributed by atoms with E-state index in [4.69, 9.17) is 14.2 Å². The molecular weight excluding hydrogens is 494 g/mol. The number of fused-ring (bicyclic) bond motifs is 1. The summed E-state index contributed by atoms with van der Waals surface area (Å²) in [5.41, 5.74) is -0.165. The molecule has 1 unspecified atom stereocenters. The minimum absolute atomic E-state index is 0.121. The third-order valence-corrected chi connectivity index (χ3v) is 6.10. The van der Waals surface area contributed by atoms with Gasteiger partial charge >= 0.3 is 5.69 Å². The predicted molar refractivity (Wildman–Crippen MR) is 127 cm³/mol. The highest BCUT2D eigenvalue weighted by Gasteiger charge is 2.23. The first kappa shape index (κ1) is 23.1. The number of nitrogens with zero attached hydrogens (tertiary/aromatic N) is 2. The van der Waals surface area contributed by atoms with E-state index in [1.165, 1.54) is 24.9 Å². The van der Waals surface area contributed by atoms with Crippen molar-refractivity contribution in [1.82, 2.24) is 9.13 Å². The van der Waals surface area contributed by atoms with Crippen molar-refractivity contribution >= 4 is 38.4 Å². The lowest BCUT2D eigenvalue weighted by atomic mass is 10.2. The number of hydrogen-bond acceptors (Lipinski definition) is 6. The normalized spacial score (nSPS) is 15.5. The monoisotopic (exact) mass is 517 g/mol. The second-order valence-corrected chi connectivity index (χ2v) is 8.61. The Morgan fingerprint density at radius 1 is 1.12 bits per heavy atom. The Balaban J connectivity index is 1.80. The number of halogens is 1. The lowest BCUT2D eigenvalue weighted by Gasteiger charge is -2.18. The maximum absolute atomic E-state index is 13.4. The molecule has 0 saturated carbocycles. The van der Waals surface area contributed by atoms with Gasteiger partial charge < -0.3 is 19.5 Å². The summed E-state index contributed by atoms with van der Waals surface area (Å²) in [7, 11) is 2.93. The van der Waals surface area contributed by atoms with Crippen LogP contribution in [0.25, 0.3) is 10.9 Å². The van der Waals surface area contributed by atoms with Gasteiger partial charge in [0.15, 0.2) is 11.5 Å². The third kappa shape index (κ3) is 4.81. The van der Waals surface area contributed by atoms with Gasteiger partial charge in [0.05, 0.1) is 37.8 Å². The number of aromatic nitrogens is 2. The minimum Gasteiger partial charge on any atom is -0.493 e. The molecule has 10 heteroatoms. The zero-order valence-electron chi connectivity index (χ0n) is 18.3. The number of anilines is 1. The van der Waals surface area contributed by atoms with Crippen LogP contribution in [-0.2, 0) is 22.6 Å². The number of rotatable bonds is 7. The second-order valence-electron chi connectivity index (χ2n) is 7.70. The molecule has 9 nitrogen and oxygen atoms in total. The molecule has 174 valence electrons. The van der Waals surface area contributed by atoms with Gasteiger partial charge in [0.2, 0.25) is 5.91 Å². The van der Waals surface area contributed by atoms with Crippen molar-refractivity contribution in [2.45, 2.75) is 32.0 Å². The smallest absolute Gasteiger partial charge is 0.332 e. The van der Waals surface area contributed by atoms with Crippen LogP contribution in [0.4, 0.5) is 5.69 Å². The van der Waals surface area contributed by atoms with E-state index in [9.17, 15) is 14.4 Å². The van der Waals surface area contributed by atoms with Crippen LogP contribution in [0.2, 0.25) is 0 Å². The van der Waals surface area contributed by atoms with Gasteiger partial charge in [-0.15, -0.1) is 0 Å². The molecule has 3 aromatic rings. The maximum Gasteiger partial charge on any atom is 0.332 e. The Morgan fingerprint density at radius 2 is 1.82 bits per heavy atom. The molecule has 1 N–H and O–H groups in total. The molecule has 1 saturated heterocycles. The summed E-state index contributed by atoms with van der Waals surface area (Å²) in [6.45, 7) is 0.435. The van der Waals surface area contributed by atoms with E-state index in [-0.39, 0.29) is 30.1 Å². The second kappa shape index (κ2) is 9.80. The first-order valence-corrected chi connectivity index (χ1v) is 11.3. The molecule has 0 spiro atoms. The Labute approximate surface area is 198 Å². The van der Waals surface area contributed by atoms with Crippen molar-refractivity contribution in [3.05, 3.63) is 61.7 Å². The van der Waals surface area contributed by atoms with Gasteiger partial charge in [-0.1, -0.05) is 15.9 Å². The summed E-state index contributed by atoms with van der Waals surface area (Å²) in [6.07, 6.45) is 1.42. The van der Waals surface area contributed by atoms with Crippen LogP contribution in [0.5, 0.6) is 11.5 Å². The topological polar surface area (TPSA) is 101 Å². The van der Waals surface area contributed by atoms with Crippen LogP contribution in [0.1, 0.15) is 12.8 Å². The molecule has 1 atom stereocenters. The average Bonchev–Trinajstić information content (AvgIpc) is 3.33. The van der Waals surface area contributed by atoms with Crippen LogP contribution in [-0.4, -0.2) is 42.0 Å². The van der Waals surface area contributed by atoms with Gasteiger partial charge in [0, 0.05) is 22.8 Å². The maximum atomic E-state index is 13.4. The largest absolute Gasteiger partial charge is 0.493 e. The highest BCUT2D eigenvalue weighted by atomic mass is 79.9. The van der Waals surface area contributed by atoms with Gasteiger partial charge in [-0.2, -0.15) is 0 Å². The molecular formula is C23H24BrN3O6. The van der Waals surface area contributed by atoms with Crippen LogP contribution in [0.15, 0.2) is 50.5 Å². The molecule has 0 bridgehead atoms. The number of nitrogens with one attached hydrogen (secondary N) is 1. The highest BCUT2D eigenvalue weighted by molar-refractivity contribution is 9.10. The summed E-state index contributed by atoms with van der Waals surface area (Å²) < 4.78 is 19.6. The molecule has 4 rings (SSSR count). The average molecular weight is 518 g/mol. The number of amides is 1. The molecule has 1 aliphatic rings. The van der Waals surface area contributed by atoms with Crippen molar-refractivity contribution < 1.29 is 19.0 Å². The fourth-order valence-corrected chi connectivity index (χ4v) is 4.19. The van der Waals surface area contributed by atoms with Gasteiger partial charge in [-0.3, -0.25) is 18.7 Å². The molecule has 1 amide bonds. The SMILES string of the molecule is COc1cc2c(=O)n(CC3CCCO3)c(=O)n(CC(=O)Nc3ccc(Br)cc3)c2cc1OC. The van der Waals surface area contributed by atoms with Gasteiger partial charge in [-0.25, -0.2) is 4.79 Å². The number of benzene rings is 2. The first-order chi connectivity index (χ1) is 15.9. The van der Waals surface area contributed by atoms with Crippen LogP contribution in [0, 0.1) is 0 Å². The van der Waals surface area contributed by atoms with E-state index in [0.29, 0.717) is 23.8 Å². The predicted octanol–water partition coefficient (Wildman–Crippen LogP) is 2.76. The van der Waals surface area contributed by atoms with Crippen LogP contribution < -0.4 is 26.0 Å². The zero-order valence-corrected chi connectivity index (χ0v) is 19.9. The Kier molecular flexibility index (Phi) is 6.85. The number of methoxy groups -OCH3 is 2. The summed E-state index contributed by atoms with van der Waals surface area (Å²) >= 11 is 3.36. The molecule has 1 fully saturated rings. The van der Waals surface area contributed by atoms with E-state index in [2.05, 4.69) is 21.2 Å². The van der Waals surface area contributed by atoms with Crippen molar-refractivity contribution in [3.8, 4) is 11.5 Å². The zero-order chi connectivity index (χ0) is 23.5. The Morgan fingerprint density at radius 3 is 2.45 bits per heavy atom. The summed E-state index contributed by atoms with van der Waals surface area (Å²) in [5.74, 6) is 0.302. The molecule has 2 aromatic carbocycles. The number of carbonyl (C=O) groups excluding carboxylic acids is 1. The van der Waals surface area contributed by atoms with Gasteiger partial charge in [0.25, 0.3) is 5.56 Å². The highest BCUT2D eigenvalue weighted by Crippen LogP contribution is 2.30. The molecule has 0 radical (unpaired) electrons. The molecule has 1 aromatic heterocycles. The summed E-state index contributed by atoms with van der Waals surface area (Å²) in [5, 5.41) is 3.03.